The molecule has 0 bridgehead atoms. The van der Waals surface area contributed by atoms with Gasteiger partial charge in [-0.3, -0.25) is 14.6 Å². The lowest BCUT2D eigenvalue weighted by Crippen LogP contribution is -2.41. The van der Waals surface area contributed by atoms with Gasteiger partial charge in [0.2, 0.25) is 0 Å². The van der Waals surface area contributed by atoms with Crippen LogP contribution in [0.25, 0.3) is 5.69 Å². The smallest absolute Gasteiger partial charge is 0.274 e. The first-order chi connectivity index (χ1) is 14.0. The summed E-state index contributed by atoms with van der Waals surface area (Å²) in [6.45, 7) is 4.30. The normalized spacial score (nSPS) is 16.2. The zero-order valence-electron chi connectivity index (χ0n) is 16.4. The molecule has 1 amide bonds. The van der Waals surface area contributed by atoms with Crippen molar-refractivity contribution in [2.75, 3.05) is 12.3 Å². The first-order valence-corrected chi connectivity index (χ1v) is 9.50. The average Bonchev–Trinajstić information content (AvgIpc) is 3.35. The highest BCUT2D eigenvalue weighted by Crippen LogP contribution is 2.26. The second-order valence-corrected chi connectivity index (χ2v) is 7.25. The second-order valence-electron chi connectivity index (χ2n) is 7.25. The number of likely N-dealkylation sites (tertiary alicyclic amines) is 1. The van der Waals surface area contributed by atoms with Crippen LogP contribution in [0, 0.1) is 13.8 Å². The maximum atomic E-state index is 13.2. The van der Waals surface area contributed by atoms with Crippen LogP contribution in [0.3, 0.4) is 0 Å². The number of aromatic nitrogens is 4. The zero-order chi connectivity index (χ0) is 20.5. The van der Waals surface area contributed by atoms with Gasteiger partial charge in [0.05, 0.1) is 35.4 Å². The van der Waals surface area contributed by atoms with Crippen LogP contribution in [0.4, 0.5) is 5.82 Å². The number of hydrogen-bond donors (Lipinski definition) is 1. The Bertz CT molecular complexity index is 1060. The number of hydrogen-bond acceptors (Lipinski definition) is 6. The molecule has 0 radical (unpaired) electrons. The minimum absolute atomic E-state index is 0.202. The Hall–Kier alpha value is -3.55. The summed E-state index contributed by atoms with van der Waals surface area (Å²) in [6.07, 6.45) is 5.79. The monoisotopic (exact) mass is 390 g/mol. The van der Waals surface area contributed by atoms with E-state index >= 15 is 0 Å². The van der Waals surface area contributed by atoms with E-state index in [1.807, 2.05) is 31.2 Å². The Kier molecular flexibility index (Phi) is 4.84. The molecule has 8 heteroatoms. The highest BCUT2D eigenvalue weighted by Gasteiger charge is 2.37. The summed E-state index contributed by atoms with van der Waals surface area (Å²) < 4.78 is 1.54. The van der Waals surface area contributed by atoms with Gasteiger partial charge in [0.25, 0.3) is 5.91 Å². The minimum Gasteiger partial charge on any atom is -0.383 e. The standard InChI is InChI=1S/C21H22N6O2/c1-13-5-7-15(8-6-13)27-20(22)16(11-25-27)19(28)18-4-3-9-26(18)21(29)17-12-23-14(2)10-24-17/h5-8,10-12,18H,3-4,9,22H2,1-2H3. The van der Waals surface area contributed by atoms with Crippen molar-refractivity contribution in [3.05, 3.63) is 65.4 Å². The molecule has 0 spiro atoms. The second kappa shape index (κ2) is 7.46. The van der Waals surface area contributed by atoms with Gasteiger partial charge in [-0.2, -0.15) is 5.10 Å². The number of nitrogens with two attached hydrogens (primary N) is 1. The fraction of sp³-hybridized carbons (Fsp3) is 0.286. The van der Waals surface area contributed by atoms with E-state index in [2.05, 4.69) is 15.1 Å². The summed E-state index contributed by atoms with van der Waals surface area (Å²) >= 11 is 0. The first-order valence-electron chi connectivity index (χ1n) is 9.50. The van der Waals surface area contributed by atoms with Gasteiger partial charge in [-0.1, -0.05) is 17.7 Å². The average molecular weight is 390 g/mol. The van der Waals surface area contributed by atoms with Crippen molar-refractivity contribution in [1.29, 1.82) is 0 Å². The van der Waals surface area contributed by atoms with E-state index in [1.165, 1.54) is 12.4 Å². The Labute approximate surface area is 168 Å². The summed E-state index contributed by atoms with van der Waals surface area (Å²) in [5.41, 5.74) is 9.43. The number of benzene rings is 1. The molecule has 1 aliphatic rings. The lowest BCUT2D eigenvalue weighted by molar-refractivity contribution is 0.0667. The number of nitrogens with zero attached hydrogens (tertiary/aromatic N) is 5. The molecule has 1 saturated heterocycles. The first kappa shape index (κ1) is 18.8. The molecule has 3 aromatic rings. The summed E-state index contributed by atoms with van der Waals surface area (Å²) in [5.74, 6) is -0.224. The molecule has 4 rings (SSSR count). The number of ketones is 1. The van der Waals surface area contributed by atoms with E-state index in [9.17, 15) is 9.59 Å². The van der Waals surface area contributed by atoms with E-state index in [0.717, 1.165) is 23.4 Å². The Balaban J connectivity index is 1.59. The van der Waals surface area contributed by atoms with Crippen LogP contribution in [0.15, 0.2) is 42.9 Å². The number of carbonyl (C=O) groups is 2. The maximum Gasteiger partial charge on any atom is 0.274 e. The third-order valence-electron chi connectivity index (χ3n) is 5.17. The Morgan fingerprint density at radius 3 is 2.52 bits per heavy atom. The maximum absolute atomic E-state index is 13.2. The highest BCUT2D eigenvalue weighted by atomic mass is 16.2. The molecule has 0 aliphatic carbocycles. The lowest BCUT2D eigenvalue weighted by Gasteiger charge is -2.23. The van der Waals surface area contributed by atoms with Gasteiger partial charge in [0.1, 0.15) is 11.5 Å². The van der Waals surface area contributed by atoms with Crippen molar-refractivity contribution in [1.82, 2.24) is 24.6 Å². The van der Waals surface area contributed by atoms with Crippen molar-refractivity contribution in [3.63, 3.8) is 0 Å². The molecular weight excluding hydrogens is 368 g/mol. The van der Waals surface area contributed by atoms with E-state index in [1.54, 1.807) is 22.7 Å². The quantitative estimate of drug-likeness (QED) is 0.685. The van der Waals surface area contributed by atoms with Gasteiger partial charge in [0, 0.05) is 12.7 Å². The minimum atomic E-state index is -0.580. The predicted molar refractivity (Wildman–Crippen MR) is 108 cm³/mol. The third kappa shape index (κ3) is 3.49. The van der Waals surface area contributed by atoms with Gasteiger partial charge in [-0.15, -0.1) is 0 Å². The molecule has 148 valence electrons. The van der Waals surface area contributed by atoms with Crippen LogP contribution < -0.4 is 5.73 Å². The number of Topliss-reactive ketones (excluding diaryl/α,β-unsaturated/α-hetero) is 1. The molecule has 1 aromatic carbocycles. The molecule has 1 fully saturated rings. The van der Waals surface area contributed by atoms with E-state index in [0.29, 0.717) is 18.5 Å². The Morgan fingerprint density at radius 2 is 1.83 bits per heavy atom. The van der Waals surface area contributed by atoms with Crippen molar-refractivity contribution < 1.29 is 9.59 Å². The molecule has 1 unspecified atom stereocenters. The van der Waals surface area contributed by atoms with Gasteiger partial charge in [-0.25, -0.2) is 9.67 Å². The van der Waals surface area contributed by atoms with Crippen molar-refractivity contribution >= 4 is 17.5 Å². The van der Waals surface area contributed by atoms with Gasteiger partial charge >= 0.3 is 0 Å². The SMILES string of the molecule is Cc1ccc(-n2ncc(C(=O)C3CCCN3C(=O)c3cnc(C)cn3)c2N)cc1. The largest absolute Gasteiger partial charge is 0.383 e. The van der Waals surface area contributed by atoms with Crippen LogP contribution in [0.2, 0.25) is 0 Å². The number of rotatable bonds is 4. The van der Waals surface area contributed by atoms with Crippen LogP contribution in [-0.4, -0.2) is 48.9 Å². The number of nitrogen functional groups attached to an aromatic ring is 1. The molecule has 1 atom stereocenters. The molecule has 29 heavy (non-hydrogen) atoms. The summed E-state index contributed by atoms with van der Waals surface area (Å²) in [5, 5.41) is 4.29. The van der Waals surface area contributed by atoms with Crippen LogP contribution in [-0.2, 0) is 0 Å². The topological polar surface area (TPSA) is 107 Å². The highest BCUT2D eigenvalue weighted by molar-refractivity contribution is 6.06. The van der Waals surface area contributed by atoms with Gasteiger partial charge in [-0.05, 0) is 38.8 Å². The number of anilines is 1. The van der Waals surface area contributed by atoms with E-state index < -0.39 is 6.04 Å². The fourth-order valence-electron chi connectivity index (χ4n) is 3.55. The summed E-state index contributed by atoms with van der Waals surface area (Å²) in [6, 6.07) is 7.13. The molecular formula is C21H22N6O2. The van der Waals surface area contributed by atoms with Crippen molar-refractivity contribution in [3.8, 4) is 5.69 Å². The molecule has 8 nitrogen and oxygen atoms in total. The van der Waals surface area contributed by atoms with Crippen LogP contribution in [0.5, 0.6) is 0 Å². The molecule has 0 saturated carbocycles. The zero-order valence-corrected chi connectivity index (χ0v) is 16.4. The molecule has 3 heterocycles. The van der Waals surface area contributed by atoms with Crippen molar-refractivity contribution in [2.24, 2.45) is 0 Å². The van der Waals surface area contributed by atoms with Gasteiger partial charge in [0.15, 0.2) is 5.78 Å². The fourth-order valence-corrected chi connectivity index (χ4v) is 3.55. The lowest BCUT2D eigenvalue weighted by atomic mass is 10.0. The van der Waals surface area contributed by atoms with Crippen LogP contribution in [0.1, 0.15) is 44.9 Å². The molecule has 2 N–H and O–H groups in total. The van der Waals surface area contributed by atoms with Gasteiger partial charge < -0.3 is 10.6 Å². The molecule has 2 aromatic heterocycles. The molecule has 1 aliphatic heterocycles. The van der Waals surface area contributed by atoms with Crippen LogP contribution >= 0.6 is 0 Å². The van der Waals surface area contributed by atoms with E-state index in [4.69, 9.17) is 5.73 Å². The number of amides is 1. The van der Waals surface area contributed by atoms with Crippen molar-refractivity contribution in [2.45, 2.75) is 32.7 Å². The Morgan fingerprint density at radius 1 is 1.07 bits per heavy atom. The summed E-state index contributed by atoms with van der Waals surface area (Å²) in [7, 11) is 0. The number of aryl methyl sites for hydroxylation is 2. The number of carbonyl (C=O) groups excluding carboxylic acids is 2. The summed E-state index contributed by atoms with van der Waals surface area (Å²) in [4.78, 5) is 35.9. The third-order valence-corrected chi connectivity index (χ3v) is 5.17. The predicted octanol–water partition coefficient (Wildman–Crippen LogP) is 2.35. The van der Waals surface area contributed by atoms with E-state index in [-0.39, 0.29) is 23.2 Å².